The number of carbonyl (C=O) groups is 2. The zero-order valence-corrected chi connectivity index (χ0v) is 16.3. The van der Waals surface area contributed by atoms with E-state index in [0.717, 1.165) is 6.07 Å². The van der Waals surface area contributed by atoms with Crippen LogP contribution in [-0.4, -0.2) is 31.4 Å². The second-order valence-corrected chi connectivity index (χ2v) is 6.09. The third-order valence-corrected chi connectivity index (χ3v) is 3.94. The number of hydrogen-bond acceptors (Lipinski definition) is 5. The van der Waals surface area contributed by atoms with Gasteiger partial charge in [0.05, 0.1) is 7.11 Å². The minimum Gasteiger partial charge on any atom is -0.493 e. The first-order valence-corrected chi connectivity index (χ1v) is 8.49. The van der Waals surface area contributed by atoms with Gasteiger partial charge in [-0.15, -0.1) is 0 Å². The van der Waals surface area contributed by atoms with Crippen molar-refractivity contribution in [1.82, 2.24) is 0 Å². The average Bonchev–Trinajstić information content (AvgIpc) is 2.71. The van der Waals surface area contributed by atoms with Gasteiger partial charge in [0.25, 0.3) is 0 Å². The van der Waals surface area contributed by atoms with Crippen molar-refractivity contribution >= 4 is 11.9 Å². The molecule has 0 aromatic heterocycles. The van der Waals surface area contributed by atoms with Crippen molar-refractivity contribution in [2.75, 3.05) is 7.11 Å². The van der Waals surface area contributed by atoms with Gasteiger partial charge in [0.15, 0.2) is 11.5 Å². The molecule has 0 fully saturated rings. The zero-order chi connectivity index (χ0) is 24.3. The van der Waals surface area contributed by atoms with E-state index < -0.39 is 41.2 Å². The fraction of sp³-hybridized carbons (Fsp3) is 0.143. The Labute approximate surface area is 177 Å². The lowest BCUT2D eigenvalue weighted by Gasteiger charge is -2.15. The molecule has 0 heterocycles. The SMILES string of the molecule is C=C(C(=O)Oc1cc(-c2ccccc2OC(=O)C(=C)C(F)(F)F)ccc1OC)C(F)(F)F. The Hall–Kier alpha value is -3.76. The number of benzene rings is 2. The molecule has 2 aromatic carbocycles. The molecule has 0 aliphatic carbocycles. The van der Waals surface area contributed by atoms with Gasteiger partial charge in [0.1, 0.15) is 16.9 Å². The van der Waals surface area contributed by atoms with E-state index >= 15 is 0 Å². The van der Waals surface area contributed by atoms with Gasteiger partial charge in [-0.05, 0) is 23.8 Å². The first kappa shape index (κ1) is 24.5. The van der Waals surface area contributed by atoms with Gasteiger partial charge < -0.3 is 14.2 Å². The normalized spacial score (nSPS) is 11.5. The number of alkyl halides is 6. The highest BCUT2D eigenvalue weighted by Gasteiger charge is 2.39. The highest BCUT2D eigenvalue weighted by molar-refractivity contribution is 5.93. The molecule has 11 heteroatoms. The molecule has 0 saturated heterocycles. The molecule has 0 radical (unpaired) electrons. The Bertz CT molecular complexity index is 1070. The number of para-hydroxylation sites is 1. The van der Waals surface area contributed by atoms with E-state index in [-0.39, 0.29) is 22.6 Å². The Morgan fingerprint density at radius 1 is 0.750 bits per heavy atom. The Morgan fingerprint density at radius 2 is 1.25 bits per heavy atom. The van der Waals surface area contributed by atoms with Crippen LogP contribution in [0.5, 0.6) is 17.2 Å². The highest BCUT2D eigenvalue weighted by Crippen LogP contribution is 2.38. The van der Waals surface area contributed by atoms with Crippen LogP contribution in [0, 0.1) is 0 Å². The topological polar surface area (TPSA) is 61.8 Å². The lowest BCUT2D eigenvalue weighted by atomic mass is 10.0. The van der Waals surface area contributed by atoms with Gasteiger partial charge >= 0.3 is 24.3 Å². The van der Waals surface area contributed by atoms with Crippen molar-refractivity contribution < 1.29 is 50.1 Å². The van der Waals surface area contributed by atoms with Crippen LogP contribution in [0.2, 0.25) is 0 Å². The van der Waals surface area contributed by atoms with Gasteiger partial charge in [-0.3, -0.25) is 0 Å². The fourth-order valence-electron chi connectivity index (χ4n) is 2.27. The van der Waals surface area contributed by atoms with Crippen molar-refractivity contribution in [3.05, 3.63) is 66.8 Å². The second-order valence-electron chi connectivity index (χ2n) is 6.09. The molecule has 170 valence electrons. The summed E-state index contributed by atoms with van der Waals surface area (Å²) in [5.74, 6) is -4.37. The molecule has 0 saturated carbocycles. The van der Waals surface area contributed by atoms with Crippen molar-refractivity contribution in [2.24, 2.45) is 0 Å². The number of esters is 2. The van der Waals surface area contributed by atoms with E-state index in [1.54, 1.807) is 0 Å². The van der Waals surface area contributed by atoms with E-state index in [2.05, 4.69) is 13.2 Å². The molecule has 2 rings (SSSR count). The maximum absolute atomic E-state index is 12.7. The molecule has 5 nitrogen and oxygen atoms in total. The van der Waals surface area contributed by atoms with Crippen LogP contribution in [0.15, 0.2) is 66.8 Å². The van der Waals surface area contributed by atoms with Gasteiger partial charge in [0.2, 0.25) is 0 Å². The third-order valence-electron chi connectivity index (χ3n) is 3.94. The molecule has 0 aliphatic rings. The largest absolute Gasteiger partial charge is 0.493 e. The standard InChI is InChI=1S/C21H14F6O5/c1-11(20(22,23)24)18(28)31-15-7-5-4-6-14(15)13-8-9-16(30-3)17(10-13)32-19(29)12(2)21(25,26)27/h4-10H,1-2H2,3H3. The fourth-order valence-corrected chi connectivity index (χ4v) is 2.27. The van der Waals surface area contributed by atoms with Gasteiger partial charge in [-0.2, -0.15) is 26.3 Å². The first-order valence-electron chi connectivity index (χ1n) is 8.49. The number of rotatable bonds is 6. The zero-order valence-electron chi connectivity index (χ0n) is 16.3. The molecule has 0 N–H and O–H groups in total. The summed E-state index contributed by atoms with van der Waals surface area (Å²) in [7, 11) is 1.17. The van der Waals surface area contributed by atoms with Crippen molar-refractivity contribution in [2.45, 2.75) is 12.4 Å². The molecular weight excluding hydrogens is 446 g/mol. The molecule has 0 bridgehead atoms. The quantitative estimate of drug-likeness (QED) is 0.250. The van der Waals surface area contributed by atoms with Gasteiger partial charge in [-0.1, -0.05) is 37.4 Å². The van der Waals surface area contributed by atoms with E-state index in [0.29, 0.717) is 0 Å². The Balaban J connectivity index is 2.42. The van der Waals surface area contributed by atoms with E-state index in [9.17, 15) is 35.9 Å². The lowest BCUT2D eigenvalue weighted by molar-refractivity contribution is -0.143. The van der Waals surface area contributed by atoms with E-state index in [4.69, 9.17) is 14.2 Å². The Morgan fingerprint density at radius 3 is 1.75 bits per heavy atom. The number of methoxy groups -OCH3 is 1. The van der Waals surface area contributed by atoms with Crippen LogP contribution in [0.25, 0.3) is 11.1 Å². The average molecular weight is 460 g/mol. The predicted molar refractivity (Wildman–Crippen MR) is 100 cm³/mol. The highest BCUT2D eigenvalue weighted by atomic mass is 19.4. The van der Waals surface area contributed by atoms with Crippen molar-refractivity contribution in [3.63, 3.8) is 0 Å². The number of hydrogen-bond donors (Lipinski definition) is 0. The summed E-state index contributed by atoms with van der Waals surface area (Å²) in [6, 6.07) is 9.08. The summed E-state index contributed by atoms with van der Waals surface area (Å²) in [5.41, 5.74) is -3.29. The monoisotopic (exact) mass is 460 g/mol. The molecule has 2 aromatic rings. The van der Waals surface area contributed by atoms with Crippen molar-refractivity contribution in [1.29, 1.82) is 0 Å². The number of carbonyl (C=O) groups excluding carboxylic acids is 2. The summed E-state index contributed by atoms with van der Waals surface area (Å²) >= 11 is 0. The first-order chi connectivity index (χ1) is 14.8. The summed E-state index contributed by atoms with van der Waals surface area (Å²) in [6.07, 6.45) is -10.0. The molecule has 0 aliphatic heterocycles. The third kappa shape index (κ3) is 5.68. The molecule has 0 spiro atoms. The minimum atomic E-state index is -5.02. The van der Waals surface area contributed by atoms with Gasteiger partial charge in [-0.25, -0.2) is 9.59 Å². The van der Waals surface area contributed by atoms with Crippen LogP contribution >= 0.6 is 0 Å². The number of ether oxygens (including phenoxy) is 3. The maximum atomic E-state index is 12.7. The second kappa shape index (κ2) is 9.16. The summed E-state index contributed by atoms with van der Waals surface area (Å²) in [4.78, 5) is 23.6. The molecule has 0 unspecified atom stereocenters. The molecular formula is C21H14F6O5. The summed E-state index contributed by atoms with van der Waals surface area (Å²) in [6.45, 7) is 5.30. The number of halogens is 6. The lowest BCUT2D eigenvalue weighted by Crippen LogP contribution is -2.23. The van der Waals surface area contributed by atoms with E-state index in [1.165, 1.54) is 43.5 Å². The van der Waals surface area contributed by atoms with Crippen LogP contribution in [0.4, 0.5) is 26.3 Å². The van der Waals surface area contributed by atoms with E-state index in [1.807, 2.05) is 0 Å². The minimum absolute atomic E-state index is 0.0745. The summed E-state index contributed by atoms with van der Waals surface area (Å²) in [5, 5.41) is 0. The molecule has 0 amide bonds. The van der Waals surface area contributed by atoms with Gasteiger partial charge in [0, 0.05) is 5.56 Å². The predicted octanol–water partition coefficient (Wildman–Crippen LogP) is 5.41. The smallest absolute Gasteiger partial charge is 0.422 e. The maximum Gasteiger partial charge on any atom is 0.422 e. The van der Waals surface area contributed by atoms with Crippen molar-refractivity contribution in [3.8, 4) is 28.4 Å². The van der Waals surface area contributed by atoms with Crippen LogP contribution in [0.1, 0.15) is 0 Å². The Kier molecular flexibility index (Phi) is 7.02. The summed E-state index contributed by atoms with van der Waals surface area (Å²) < 4.78 is 90.6. The molecule has 0 atom stereocenters. The van der Waals surface area contributed by atoms with Crippen LogP contribution < -0.4 is 14.2 Å². The van der Waals surface area contributed by atoms with Crippen LogP contribution in [-0.2, 0) is 9.59 Å². The van der Waals surface area contributed by atoms with Crippen LogP contribution in [0.3, 0.4) is 0 Å². The molecule has 32 heavy (non-hydrogen) atoms.